The molecule has 114 valence electrons. The van der Waals surface area contributed by atoms with Crippen molar-refractivity contribution in [1.82, 2.24) is 10.2 Å². The Hall–Kier alpha value is -2.08. The Morgan fingerprint density at radius 3 is 2.81 bits per heavy atom. The number of rotatable bonds is 5. The Morgan fingerprint density at radius 1 is 1.38 bits per heavy atom. The largest absolute Gasteiger partial charge is 0.481 e. The van der Waals surface area contributed by atoms with Gasteiger partial charge in [0, 0.05) is 24.7 Å². The highest BCUT2D eigenvalue weighted by Crippen LogP contribution is 2.17. The summed E-state index contributed by atoms with van der Waals surface area (Å²) in [6.45, 7) is 1.84. The lowest BCUT2D eigenvalue weighted by Gasteiger charge is -2.15. The third-order valence-corrected chi connectivity index (χ3v) is 3.60. The van der Waals surface area contributed by atoms with Crippen LogP contribution in [0, 0.1) is 0 Å². The average Bonchev–Trinajstić information content (AvgIpc) is 2.83. The molecule has 2 amide bonds. The second-order valence-corrected chi connectivity index (χ2v) is 5.40. The quantitative estimate of drug-likeness (QED) is 0.768. The first kappa shape index (κ1) is 15.3. The molecular formula is C15H21N3O3. The van der Waals surface area contributed by atoms with Gasteiger partial charge in [-0.15, -0.1) is 0 Å². The normalized spacial score (nSPS) is 18.4. The van der Waals surface area contributed by atoms with Crippen LogP contribution in [0.3, 0.4) is 0 Å². The van der Waals surface area contributed by atoms with E-state index < -0.39 is 5.97 Å². The summed E-state index contributed by atoms with van der Waals surface area (Å²) < 4.78 is 0. The molecule has 1 aromatic carbocycles. The molecule has 0 bridgehead atoms. The lowest BCUT2D eigenvalue weighted by Crippen LogP contribution is -2.39. The third kappa shape index (κ3) is 4.75. The summed E-state index contributed by atoms with van der Waals surface area (Å²) >= 11 is 0. The number of aliphatic carboxylic acids is 1. The zero-order valence-corrected chi connectivity index (χ0v) is 12.1. The number of amides is 2. The second kappa shape index (κ2) is 7.08. The van der Waals surface area contributed by atoms with E-state index in [1.165, 1.54) is 0 Å². The molecule has 6 heteroatoms. The minimum Gasteiger partial charge on any atom is -0.481 e. The molecule has 21 heavy (non-hydrogen) atoms. The van der Waals surface area contributed by atoms with Crippen molar-refractivity contribution >= 4 is 17.7 Å². The zero-order chi connectivity index (χ0) is 15.2. The minimum atomic E-state index is -0.844. The van der Waals surface area contributed by atoms with Gasteiger partial charge in [0.15, 0.2) is 0 Å². The molecule has 1 aliphatic heterocycles. The SMILES string of the molecule is CN1CCC(NC(=O)Nc2ccccc2CCC(=O)O)C1. The number of likely N-dealkylation sites (tertiary alicyclic amines) is 1. The highest BCUT2D eigenvalue weighted by molar-refractivity contribution is 5.90. The predicted octanol–water partition coefficient (Wildman–Crippen LogP) is 1.53. The van der Waals surface area contributed by atoms with Gasteiger partial charge in [0.1, 0.15) is 0 Å². The topological polar surface area (TPSA) is 81.7 Å². The molecule has 1 heterocycles. The maximum Gasteiger partial charge on any atom is 0.319 e. The van der Waals surface area contributed by atoms with Crippen LogP contribution in [0.15, 0.2) is 24.3 Å². The number of urea groups is 1. The molecule has 3 N–H and O–H groups in total. The van der Waals surface area contributed by atoms with E-state index >= 15 is 0 Å². The second-order valence-electron chi connectivity index (χ2n) is 5.40. The summed E-state index contributed by atoms with van der Waals surface area (Å²) in [5.74, 6) is -0.844. The molecule has 1 aliphatic rings. The first-order valence-corrected chi connectivity index (χ1v) is 7.10. The van der Waals surface area contributed by atoms with Gasteiger partial charge in [-0.1, -0.05) is 18.2 Å². The van der Waals surface area contributed by atoms with Crippen molar-refractivity contribution < 1.29 is 14.7 Å². The van der Waals surface area contributed by atoms with E-state index in [2.05, 4.69) is 15.5 Å². The summed E-state index contributed by atoms with van der Waals surface area (Å²) in [7, 11) is 2.03. The van der Waals surface area contributed by atoms with Gasteiger partial charge in [0.25, 0.3) is 0 Å². The molecule has 0 spiro atoms. The fourth-order valence-corrected chi connectivity index (χ4v) is 2.50. The first-order chi connectivity index (χ1) is 10.0. The van der Waals surface area contributed by atoms with E-state index in [1.54, 1.807) is 6.07 Å². The smallest absolute Gasteiger partial charge is 0.319 e. The van der Waals surface area contributed by atoms with Crippen LogP contribution in [0.25, 0.3) is 0 Å². The van der Waals surface area contributed by atoms with E-state index in [4.69, 9.17) is 5.11 Å². The molecule has 0 aliphatic carbocycles. The molecule has 1 unspecified atom stereocenters. The molecule has 1 atom stereocenters. The van der Waals surface area contributed by atoms with Crippen LogP contribution in [0.5, 0.6) is 0 Å². The van der Waals surface area contributed by atoms with Crippen LogP contribution in [0.2, 0.25) is 0 Å². The van der Waals surface area contributed by atoms with Crippen LogP contribution in [-0.4, -0.2) is 48.2 Å². The van der Waals surface area contributed by atoms with Gasteiger partial charge in [0.2, 0.25) is 0 Å². The van der Waals surface area contributed by atoms with E-state index in [9.17, 15) is 9.59 Å². The van der Waals surface area contributed by atoms with Crippen LogP contribution >= 0.6 is 0 Å². The number of carboxylic acids is 1. The summed E-state index contributed by atoms with van der Waals surface area (Å²) in [4.78, 5) is 24.8. The number of hydrogen-bond donors (Lipinski definition) is 3. The van der Waals surface area contributed by atoms with Gasteiger partial charge in [0.05, 0.1) is 0 Å². The number of para-hydroxylation sites is 1. The Labute approximate surface area is 124 Å². The van der Waals surface area contributed by atoms with Crippen LogP contribution in [-0.2, 0) is 11.2 Å². The number of carbonyl (C=O) groups excluding carboxylic acids is 1. The molecule has 1 aromatic rings. The van der Waals surface area contributed by atoms with Gasteiger partial charge in [-0.2, -0.15) is 0 Å². The summed E-state index contributed by atoms with van der Waals surface area (Å²) in [5, 5.41) is 14.5. The van der Waals surface area contributed by atoms with Crippen molar-refractivity contribution in [2.75, 3.05) is 25.5 Å². The van der Waals surface area contributed by atoms with Crippen molar-refractivity contribution in [2.45, 2.75) is 25.3 Å². The number of carbonyl (C=O) groups is 2. The van der Waals surface area contributed by atoms with Crippen LogP contribution < -0.4 is 10.6 Å². The maximum absolute atomic E-state index is 12.0. The molecule has 6 nitrogen and oxygen atoms in total. The third-order valence-electron chi connectivity index (χ3n) is 3.60. The van der Waals surface area contributed by atoms with E-state index in [0.717, 1.165) is 25.1 Å². The van der Waals surface area contributed by atoms with E-state index in [0.29, 0.717) is 12.1 Å². The number of aryl methyl sites for hydroxylation is 1. The molecule has 2 rings (SSSR count). The van der Waals surface area contributed by atoms with Crippen LogP contribution in [0.4, 0.5) is 10.5 Å². The molecule has 1 fully saturated rings. The van der Waals surface area contributed by atoms with Crippen molar-refractivity contribution in [3.63, 3.8) is 0 Å². The number of carboxylic acid groups (broad SMARTS) is 1. The minimum absolute atomic E-state index is 0.0493. The molecule has 0 aromatic heterocycles. The molecule has 0 saturated carbocycles. The molecule has 0 radical (unpaired) electrons. The number of nitrogens with one attached hydrogen (secondary N) is 2. The Kier molecular flexibility index (Phi) is 5.16. The zero-order valence-electron chi connectivity index (χ0n) is 12.1. The lowest BCUT2D eigenvalue weighted by molar-refractivity contribution is -0.136. The number of anilines is 1. The van der Waals surface area contributed by atoms with Gasteiger partial charge >= 0.3 is 12.0 Å². The number of nitrogens with zero attached hydrogens (tertiary/aromatic N) is 1. The lowest BCUT2D eigenvalue weighted by atomic mass is 10.1. The maximum atomic E-state index is 12.0. The Balaban J connectivity index is 1.92. The van der Waals surface area contributed by atoms with E-state index in [1.807, 2.05) is 25.2 Å². The van der Waals surface area contributed by atoms with Gasteiger partial charge in [-0.05, 0) is 38.1 Å². The highest BCUT2D eigenvalue weighted by Gasteiger charge is 2.21. The Bertz CT molecular complexity index is 519. The molecule has 1 saturated heterocycles. The van der Waals surface area contributed by atoms with Crippen molar-refractivity contribution in [1.29, 1.82) is 0 Å². The van der Waals surface area contributed by atoms with E-state index in [-0.39, 0.29) is 18.5 Å². The fourth-order valence-electron chi connectivity index (χ4n) is 2.50. The van der Waals surface area contributed by atoms with Crippen molar-refractivity contribution in [2.24, 2.45) is 0 Å². The van der Waals surface area contributed by atoms with Gasteiger partial charge in [-0.3, -0.25) is 4.79 Å². The molecular weight excluding hydrogens is 270 g/mol. The van der Waals surface area contributed by atoms with Gasteiger partial charge in [-0.25, -0.2) is 4.79 Å². The fraction of sp³-hybridized carbons (Fsp3) is 0.467. The van der Waals surface area contributed by atoms with Gasteiger partial charge < -0.3 is 20.6 Å². The van der Waals surface area contributed by atoms with Crippen LogP contribution in [0.1, 0.15) is 18.4 Å². The summed E-state index contributed by atoms with van der Waals surface area (Å²) in [6, 6.07) is 7.22. The number of likely N-dealkylation sites (N-methyl/N-ethyl adjacent to an activating group) is 1. The summed E-state index contributed by atoms with van der Waals surface area (Å²) in [6.07, 6.45) is 1.40. The summed E-state index contributed by atoms with van der Waals surface area (Å²) in [5.41, 5.74) is 1.50. The standard InChI is InChI=1S/C15H21N3O3/c1-18-9-8-12(10-18)16-15(21)17-13-5-3-2-4-11(13)6-7-14(19)20/h2-5,12H,6-10H2,1H3,(H,19,20)(H2,16,17,21). The highest BCUT2D eigenvalue weighted by atomic mass is 16.4. The predicted molar refractivity (Wildman–Crippen MR) is 80.5 cm³/mol. The number of hydrogen-bond acceptors (Lipinski definition) is 3. The average molecular weight is 291 g/mol. The first-order valence-electron chi connectivity index (χ1n) is 7.10. The monoisotopic (exact) mass is 291 g/mol. The Morgan fingerprint density at radius 2 is 2.14 bits per heavy atom. The van der Waals surface area contributed by atoms with Crippen molar-refractivity contribution in [3.8, 4) is 0 Å². The number of benzene rings is 1. The van der Waals surface area contributed by atoms with Crippen molar-refractivity contribution in [3.05, 3.63) is 29.8 Å².